The van der Waals surface area contributed by atoms with Crippen LogP contribution in [0.3, 0.4) is 0 Å². The van der Waals surface area contributed by atoms with Crippen molar-refractivity contribution < 1.29 is 4.42 Å². The number of benzene rings is 1. The molecule has 1 aliphatic rings. The van der Waals surface area contributed by atoms with E-state index in [1.165, 1.54) is 0 Å². The highest BCUT2D eigenvalue weighted by Gasteiger charge is 2.29. The second kappa shape index (κ2) is 4.69. The molecule has 1 N–H and O–H groups in total. The van der Waals surface area contributed by atoms with Gasteiger partial charge in [0.1, 0.15) is 17.2 Å². The number of aromatic nitrogens is 2. The standard InChI is InChI=1S/C16H13IN2O2/c1-8-12(10-4-2-3-5-11(10)21-8)15-18-14(9-6-7-9)13(17)16(20)19-15/h2-5,9H,6-7H2,1H3,(H,18,19,20). The number of furan rings is 1. The normalized spacial score (nSPS) is 14.8. The van der Waals surface area contributed by atoms with Crippen LogP contribution >= 0.6 is 22.6 Å². The Morgan fingerprint density at radius 1 is 1.33 bits per heavy atom. The van der Waals surface area contributed by atoms with E-state index in [4.69, 9.17) is 9.40 Å². The number of fused-ring (bicyclic) bond motifs is 1. The number of hydrogen-bond acceptors (Lipinski definition) is 3. The highest BCUT2D eigenvalue weighted by Crippen LogP contribution is 2.41. The van der Waals surface area contributed by atoms with Gasteiger partial charge < -0.3 is 9.40 Å². The first-order chi connectivity index (χ1) is 10.1. The lowest BCUT2D eigenvalue weighted by Crippen LogP contribution is -2.16. The summed E-state index contributed by atoms with van der Waals surface area (Å²) in [4.78, 5) is 19.8. The first-order valence-corrected chi connectivity index (χ1v) is 8.01. The maximum atomic E-state index is 12.2. The molecule has 1 aromatic carbocycles. The Balaban J connectivity index is 2.01. The molecule has 4 nitrogen and oxygen atoms in total. The van der Waals surface area contributed by atoms with Crippen molar-refractivity contribution in [3.8, 4) is 11.4 Å². The van der Waals surface area contributed by atoms with Crippen LogP contribution in [-0.2, 0) is 0 Å². The minimum absolute atomic E-state index is 0.0628. The summed E-state index contributed by atoms with van der Waals surface area (Å²) in [5.41, 5.74) is 2.58. The van der Waals surface area contributed by atoms with Gasteiger partial charge in [-0.25, -0.2) is 4.98 Å². The maximum Gasteiger partial charge on any atom is 0.264 e. The lowest BCUT2D eigenvalue weighted by molar-refractivity contribution is 0.579. The van der Waals surface area contributed by atoms with E-state index in [0.717, 1.165) is 40.8 Å². The van der Waals surface area contributed by atoms with Crippen LogP contribution in [0.5, 0.6) is 0 Å². The molecule has 1 fully saturated rings. The number of nitrogens with zero attached hydrogens (tertiary/aromatic N) is 1. The van der Waals surface area contributed by atoms with Crippen LogP contribution in [0.4, 0.5) is 0 Å². The minimum Gasteiger partial charge on any atom is -0.461 e. The molecule has 2 aromatic heterocycles. The summed E-state index contributed by atoms with van der Waals surface area (Å²) in [6.07, 6.45) is 2.24. The molecular formula is C16H13IN2O2. The van der Waals surface area contributed by atoms with Crippen molar-refractivity contribution in [3.05, 3.63) is 49.6 Å². The maximum absolute atomic E-state index is 12.2. The second-order valence-corrected chi connectivity index (χ2v) is 6.50. The summed E-state index contributed by atoms with van der Waals surface area (Å²) in [6.45, 7) is 1.91. The molecule has 3 aromatic rings. The van der Waals surface area contributed by atoms with E-state index in [0.29, 0.717) is 15.3 Å². The van der Waals surface area contributed by atoms with Crippen LogP contribution in [0.2, 0.25) is 0 Å². The van der Waals surface area contributed by atoms with Gasteiger partial charge in [-0.2, -0.15) is 0 Å². The van der Waals surface area contributed by atoms with Crippen molar-refractivity contribution in [1.29, 1.82) is 0 Å². The summed E-state index contributed by atoms with van der Waals surface area (Å²) in [7, 11) is 0. The zero-order valence-corrected chi connectivity index (χ0v) is 13.6. The molecule has 0 atom stereocenters. The van der Waals surface area contributed by atoms with Crippen LogP contribution in [-0.4, -0.2) is 9.97 Å². The van der Waals surface area contributed by atoms with Crippen LogP contribution < -0.4 is 5.56 Å². The molecule has 0 bridgehead atoms. The second-order valence-electron chi connectivity index (χ2n) is 5.42. The van der Waals surface area contributed by atoms with Crippen LogP contribution in [0, 0.1) is 10.5 Å². The van der Waals surface area contributed by atoms with E-state index in [-0.39, 0.29) is 5.56 Å². The monoisotopic (exact) mass is 392 g/mol. The van der Waals surface area contributed by atoms with Gasteiger partial charge in [0.15, 0.2) is 0 Å². The molecule has 1 saturated carbocycles. The molecule has 0 amide bonds. The topological polar surface area (TPSA) is 58.9 Å². The largest absolute Gasteiger partial charge is 0.461 e. The highest BCUT2D eigenvalue weighted by molar-refractivity contribution is 14.1. The molecule has 21 heavy (non-hydrogen) atoms. The Morgan fingerprint density at radius 2 is 2.10 bits per heavy atom. The van der Waals surface area contributed by atoms with E-state index in [1.807, 2.05) is 31.2 Å². The van der Waals surface area contributed by atoms with E-state index >= 15 is 0 Å². The fourth-order valence-corrected chi connectivity index (χ4v) is 3.38. The number of nitrogens with one attached hydrogen (secondary N) is 1. The van der Waals surface area contributed by atoms with Gasteiger partial charge in [-0.05, 0) is 48.4 Å². The third-order valence-corrected chi connectivity index (χ3v) is 4.90. The summed E-state index contributed by atoms with van der Waals surface area (Å²) < 4.78 is 6.49. The van der Waals surface area contributed by atoms with Gasteiger partial charge in [-0.1, -0.05) is 18.2 Å². The predicted octanol–water partition coefficient (Wildman–Crippen LogP) is 3.97. The Hall–Kier alpha value is -1.63. The molecule has 106 valence electrons. The van der Waals surface area contributed by atoms with Gasteiger partial charge >= 0.3 is 0 Å². The van der Waals surface area contributed by atoms with Crippen LogP contribution in [0.25, 0.3) is 22.4 Å². The van der Waals surface area contributed by atoms with Gasteiger partial charge in [0.2, 0.25) is 0 Å². The Morgan fingerprint density at radius 3 is 2.86 bits per heavy atom. The molecule has 2 heterocycles. The molecule has 4 rings (SSSR count). The lowest BCUT2D eigenvalue weighted by Gasteiger charge is -2.05. The summed E-state index contributed by atoms with van der Waals surface area (Å²) in [5, 5.41) is 0.987. The molecule has 0 saturated heterocycles. The Labute approximate surface area is 134 Å². The van der Waals surface area contributed by atoms with E-state index < -0.39 is 0 Å². The number of aromatic amines is 1. The van der Waals surface area contributed by atoms with Crippen LogP contribution in [0.1, 0.15) is 30.2 Å². The summed E-state index contributed by atoms with van der Waals surface area (Å²) in [6, 6.07) is 7.83. The first kappa shape index (κ1) is 13.1. The van der Waals surface area contributed by atoms with E-state index in [1.54, 1.807) is 0 Å². The number of rotatable bonds is 2. The average Bonchev–Trinajstić information content (AvgIpc) is 3.24. The van der Waals surface area contributed by atoms with Gasteiger partial charge in [0.25, 0.3) is 5.56 Å². The molecule has 0 radical (unpaired) electrons. The zero-order valence-electron chi connectivity index (χ0n) is 11.4. The number of H-pyrrole nitrogens is 1. The van der Waals surface area contributed by atoms with E-state index in [9.17, 15) is 4.79 Å². The SMILES string of the molecule is Cc1oc2ccccc2c1-c1nc(C2CC2)c(I)c(=O)[nH]1. The summed E-state index contributed by atoms with van der Waals surface area (Å²) >= 11 is 2.09. The molecular weight excluding hydrogens is 379 g/mol. The number of hydrogen-bond donors (Lipinski definition) is 1. The fraction of sp³-hybridized carbons (Fsp3) is 0.250. The van der Waals surface area contributed by atoms with Crippen molar-refractivity contribution in [2.75, 3.05) is 0 Å². The van der Waals surface area contributed by atoms with E-state index in [2.05, 4.69) is 27.6 Å². The fourth-order valence-electron chi connectivity index (χ4n) is 2.68. The quantitative estimate of drug-likeness (QED) is 0.672. The molecule has 0 aliphatic heterocycles. The van der Waals surface area contributed by atoms with Gasteiger partial charge in [0.05, 0.1) is 14.8 Å². The number of halogens is 1. The minimum atomic E-state index is -0.0628. The lowest BCUT2D eigenvalue weighted by atomic mass is 10.1. The van der Waals surface area contributed by atoms with Crippen molar-refractivity contribution in [1.82, 2.24) is 9.97 Å². The number of para-hydroxylation sites is 1. The smallest absolute Gasteiger partial charge is 0.264 e. The Kier molecular flexibility index (Phi) is 2.92. The van der Waals surface area contributed by atoms with Gasteiger partial charge in [-0.15, -0.1) is 0 Å². The highest BCUT2D eigenvalue weighted by atomic mass is 127. The van der Waals surface area contributed by atoms with Crippen LogP contribution in [0.15, 0.2) is 33.5 Å². The zero-order chi connectivity index (χ0) is 14.6. The third kappa shape index (κ3) is 2.10. The number of aryl methyl sites for hydroxylation is 1. The predicted molar refractivity (Wildman–Crippen MR) is 89.5 cm³/mol. The molecule has 0 unspecified atom stereocenters. The molecule has 1 aliphatic carbocycles. The van der Waals surface area contributed by atoms with Crippen molar-refractivity contribution in [2.45, 2.75) is 25.7 Å². The Bertz CT molecular complexity index is 906. The summed E-state index contributed by atoms with van der Waals surface area (Å²) in [5.74, 6) is 1.84. The first-order valence-electron chi connectivity index (χ1n) is 6.93. The average molecular weight is 392 g/mol. The molecule has 5 heteroatoms. The van der Waals surface area contributed by atoms with Gasteiger partial charge in [-0.3, -0.25) is 4.79 Å². The van der Waals surface area contributed by atoms with Crippen molar-refractivity contribution >= 4 is 33.6 Å². The molecule has 0 spiro atoms. The third-order valence-electron chi connectivity index (χ3n) is 3.86. The van der Waals surface area contributed by atoms with Crippen molar-refractivity contribution in [3.63, 3.8) is 0 Å². The van der Waals surface area contributed by atoms with Gasteiger partial charge in [0, 0.05) is 11.3 Å². The van der Waals surface area contributed by atoms with Crippen molar-refractivity contribution in [2.24, 2.45) is 0 Å².